The Bertz CT molecular complexity index is 391. The fraction of sp³-hybridized carbons (Fsp3) is 0.167. The maximum absolute atomic E-state index is 5.55. The van der Waals surface area contributed by atoms with Crippen molar-refractivity contribution in [2.45, 2.75) is 6.42 Å². The molecule has 0 aromatic carbocycles. The van der Waals surface area contributed by atoms with Crippen molar-refractivity contribution in [3.05, 3.63) is 59.6 Å². The molecule has 0 spiro atoms. The van der Waals surface area contributed by atoms with E-state index < -0.39 is 0 Å². The van der Waals surface area contributed by atoms with Gasteiger partial charge in [-0.2, -0.15) is 0 Å². The van der Waals surface area contributed by atoms with Crippen LogP contribution in [0.1, 0.15) is 6.42 Å². The summed E-state index contributed by atoms with van der Waals surface area (Å²) in [6.45, 7) is 0. The summed E-state index contributed by atoms with van der Waals surface area (Å²) in [4.78, 5) is 0. The number of ether oxygens (including phenoxy) is 1. The standard InChI is InChI=1S/C12H10O/c1-3-9-6-7-10-4-2-8-13-12(10)11(9)5-1/h1-3,5-8,10H,4H2. The van der Waals surface area contributed by atoms with Gasteiger partial charge in [0.2, 0.25) is 0 Å². The molecule has 64 valence electrons. The molecule has 1 heteroatoms. The van der Waals surface area contributed by atoms with Gasteiger partial charge in [0.25, 0.3) is 0 Å². The summed E-state index contributed by atoms with van der Waals surface area (Å²) in [5.74, 6) is 1.57. The lowest BCUT2D eigenvalue weighted by Crippen LogP contribution is -2.11. The molecule has 0 N–H and O–H groups in total. The van der Waals surface area contributed by atoms with Crippen molar-refractivity contribution >= 4 is 0 Å². The molecule has 1 unspecified atom stereocenters. The van der Waals surface area contributed by atoms with Gasteiger partial charge in [-0.05, 0) is 18.1 Å². The van der Waals surface area contributed by atoms with E-state index in [1.54, 1.807) is 6.26 Å². The average molecular weight is 170 g/mol. The van der Waals surface area contributed by atoms with Crippen LogP contribution in [0.2, 0.25) is 0 Å². The second kappa shape index (κ2) is 2.49. The van der Waals surface area contributed by atoms with Crippen molar-refractivity contribution in [3.8, 4) is 0 Å². The van der Waals surface area contributed by atoms with Gasteiger partial charge in [-0.15, -0.1) is 0 Å². The molecule has 1 nitrogen and oxygen atoms in total. The van der Waals surface area contributed by atoms with E-state index in [-0.39, 0.29) is 0 Å². The number of hydrogen-bond acceptors (Lipinski definition) is 1. The molecule has 0 aromatic rings. The van der Waals surface area contributed by atoms with Crippen LogP contribution in [0.5, 0.6) is 0 Å². The summed E-state index contributed by atoms with van der Waals surface area (Å²) in [5.41, 5.74) is 2.54. The van der Waals surface area contributed by atoms with Crippen LogP contribution in [0.3, 0.4) is 0 Å². The van der Waals surface area contributed by atoms with Crippen LogP contribution < -0.4 is 0 Å². The Hall–Kier alpha value is -1.50. The fourth-order valence-electron chi connectivity index (χ4n) is 1.97. The summed E-state index contributed by atoms with van der Waals surface area (Å²) in [6, 6.07) is 0. The summed E-state index contributed by atoms with van der Waals surface area (Å²) in [7, 11) is 0. The van der Waals surface area contributed by atoms with Gasteiger partial charge in [-0.1, -0.05) is 30.4 Å². The molecule has 0 bridgehead atoms. The van der Waals surface area contributed by atoms with Crippen LogP contribution in [0, 0.1) is 5.92 Å². The zero-order valence-electron chi connectivity index (χ0n) is 7.23. The van der Waals surface area contributed by atoms with Crippen LogP contribution >= 0.6 is 0 Å². The topological polar surface area (TPSA) is 9.23 Å². The molecule has 0 radical (unpaired) electrons. The SMILES string of the molecule is C1=CC2=C3OC=CCC3C=CC2=C1. The van der Waals surface area contributed by atoms with Gasteiger partial charge < -0.3 is 4.74 Å². The molecule has 0 saturated carbocycles. The average Bonchev–Trinajstić information content (AvgIpc) is 2.65. The molecule has 0 amide bonds. The molecule has 3 rings (SSSR count). The minimum absolute atomic E-state index is 0.458. The lowest BCUT2D eigenvalue weighted by atomic mass is 9.89. The molecule has 1 aliphatic heterocycles. The van der Waals surface area contributed by atoms with Gasteiger partial charge in [0.1, 0.15) is 5.76 Å². The van der Waals surface area contributed by atoms with Crippen LogP contribution in [0.4, 0.5) is 0 Å². The predicted octanol–water partition coefficient (Wildman–Crippen LogP) is 2.86. The first-order valence-corrected chi connectivity index (χ1v) is 4.58. The van der Waals surface area contributed by atoms with Crippen LogP contribution in [-0.2, 0) is 4.74 Å². The lowest BCUT2D eigenvalue weighted by molar-refractivity contribution is 0.285. The van der Waals surface area contributed by atoms with Crippen molar-refractivity contribution < 1.29 is 4.74 Å². The second-order valence-electron chi connectivity index (χ2n) is 3.45. The Morgan fingerprint density at radius 3 is 3.31 bits per heavy atom. The summed E-state index contributed by atoms with van der Waals surface area (Å²) in [6.07, 6.45) is 15.7. The van der Waals surface area contributed by atoms with Gasteiger partial charge in [-0.3, -0.25) is 0 Å². The maximum Gasteiger partial charge on any atom is 0.118 e. The molecule has 13 heavy (non-hydrogen) atoms. The zero-order valence-corrected chi connectivity index (χ0v) is 7.23. The smallest absolute Gasteiger partial charge is 0.118 e. The normalized spacial score (nSPS) is 28.3. The minimum Gasteiger partial charge on any atom is -0.468 e. The van der Waals surface area contributed by atoms with E-state index in [0.717, 1.165) is 12.2 Å². The lowest BCUT2D eigenvalue weighted by Gasteiger charge is -2.24. The highest BCUT2D eigenvalue weighted by molar-refractivity contribution is 5.58. The van der Waals surface area contributed by atoms with Crippen LogP contribution in [0.15, 0.2) is 59.6 Å². The first kappa shape index (κ1) is 6.96. The summed E-state index contributed by atoms with van der Waals surface area (Å²) in [5, 5.41) is 0. The number of allylic oxidation sites excluding steroid dienone is 8. The van der Waals surface area contributed by atoms with Crippen molar-refractivity contribution in [3.63, 3.8) is 0 Å². The first-order chi connectivity index (χ1) is 6.45. The molecule has 1 atom stereocenters. The number of fused-ring (bicyclic) bond motifs is 2. The molecule has 3 aliphatic rings. The van der Waals surface area contributed by atoms with E-state index in [0.29, 0.717) is 5.92 Å². The van der Waals surface area contributed by atoms with E-state index in [9.17, 15) is 0 Å². The Morgan fingerprint density at radius 2 is 2.31 bits per heavy atom. The van der Waals surface area contributed by atoms with Gasteiger partial charge in [-0.25, -0.2) is 0 Å². The number of rotatable bonds is 0. The van der Waals surface area contributed by atoms with Gasteiger partial charge in [0.05, 0.1) is 6.26 Å². The third-order valence-corrected chi connectivity index (χ3v) is 2.64. The largest absolute Gasteiger partial charge is 0.468 e. The molecule has 0 aromatic heterocycles. The highest BCUT2D eigenvalue weighted by Gasteiger charge is 2.24. The Morgan fingerprint density at radius 1 is 1.31 bits per heavy atom. The third-order valence-electron chi connectivity index (χ3n) is 2.64. The molecular weight excluding hydrogens is 160 g/mol. The Balaban J connectivity index is 2.14. The third kappa shape index (κ3) is 0.934. The highest BCUT2D eigenvalue weighted by atomic mass is 16.5. The van der Waals surface area contributed by atoms with Gasteiger partial charge in [0.15, 0.2) is 0 Å². The monoisotopic (exact) mass is 170 g/mol. The Kier molecular flexibility index (Phi) is 1.33. The summed E-state index contributed by atoms with van der Waals surface area (Å²) < 4.78 is 5.55. The number of hydrogen-bond donors (Lipinski definition) is 0. The minimum atomic E-state index is 0.458. The van der Waals surface area contributed by atoms with Gasteiger partial charge >= 0.3 is 0 Å². The van der Waals surface area contributed by atoms with Crippen molar-refractivity contribution in [2.75, 3.05) is 0 Å². The zero-order chi connectivity index (χ0) is 8.67. The quantitative estimate of drug-likeness (QED) is 0.543. The highest BCUT2D eigenvalue weighted by Crippen LogP contribution is 2.36. The Labute approximate surface area is 77.4 Å². The predicted molar refractivity (Wildman–Crippen MR) is 51.7 cm³/mol. The molecule has 1 heterocycles. The van der Waals surface area contributed by atoms with Crippen molar-refractivity contribution in [1.29, 1.82) is 0 Å². The van der Waals surface area contributed by atoms with E-state index in [1.165, 1.54) is 11.1 Å². The molecule has 0 saturated heterocycles. The van der Waals surface area contributed by atoms with Crippen molar-refractivity contribution in [2.24, 2.45) is 5.92 Å². The van der Waals surface area contributed by atoms with Crippen LogP contribution in [0.25, 0.3) is 0 Å². The van der Waals surface area contributed by atoms with E-state index in [4.69, 9.17) is 4.74 Å². The van der Waals surface area contributed by atoms with E-state index in [1.807, 2.05) is 0 Å². The first-order valence-electron chi connectivity index (χ1n) is 4.58. The van der Waals surface area contributed by atoms with E-state index in [2.05, 4.69) is 36.5 Å². The van der Waals surface area contributed by atoms with E-state index >= 15 is 0 Å². The van der Waals surface area contributed by atoms with Crippen molar-refractivity contribution in [1.82, 2.24) is 0 Å². The molecular formula is C12H10O. The van der Waals surface area contributed by atoms with Gasteiger partial charge in [0, 0.05) is 11.5 Å². The molecule has 0 fully saturated rings. The molecule has 2 aliphatic carbocycles. The summed E-state index contributed by atoms with van der Waals surface area (Å²) >= 11 is 0. The van der Waals surface area contributed by atoms with Crippen LogP contribution in [-0.4, -0.2) is 0 Å². The fourth-order valence-corrected chi connectivity index (χ4v) is 1.97. The second-order valence-corrected chi connectivity index (χ2v) is 3.45. The maximum atomic E-state index is 5.55.